The summed E-state index contributed by atoms with van der Waals surface area (Å²) in [5.41, 5.74) is 1.45. The third kappa shape index (κ3) is 6.57. The molecule has 12 heteroatoms. The number of nitrogens with one attached hydrogen (secondary N) is 1. The second kappa shape index (κ2) is 13.9. The molecule has 0 bridgehead atoms. The van der Waals surface area contributed by atoms with Gasteiger partial charge < -0.3 is 24.6 Å². The van der Waals surface area contributed by atoms with Crippen molar-refractivity contribution in [3.63, 3.8) is 0 Å². The fraction of sp³-hybridized carbons (Fsp3) is 0.393. The number of rotatable bonds is 5. The first-order valence-corrected chi connectivity index (χ1v) is 13.1. The number of hydrogen-bond acceptors (Lipinski definition) is 8. The van der Waals surface area contributed by atoms with Gasteiger partial charge in [0.2, 0.25) is 5.95 Å². The van der Waals surface area contributed by atoms with Gasteiger partial charge in [-0.1, -0.05) is 13.8 Å². The van der Waals surface area contributed by atoms with Crippen LogP contribution < -0.4 is 5.32 Å². The highest BCUT2D eigenvalue weighted by molar-refractivity contribution is 5.94. The van der Waals surface area contributed by atoms with Crippen molar-refractivity contribution < 1.29 is 23.4 Å². The number of ether oxygens (including phenoxy) is 1. The lowest BCUT2D eigenvalue weighted by molar-refractivity contribution is 0.0302. The summed E-state index contributed by atoms with van der Waals surface area (Å²) in [5, 5.41) is 9.92. The van der Waals surface area contributed by atoms with Crippen molar-refractivity contribution in [2.24, 2.45) is 0 Å². The number of halogens is 2. The van der Waals surface area contributed by atoms with E-state index in [1.165, 1.54) is 12.3 Å². The number of amides is 1. The van der Waals surface area contributed by atoms with Gasteiger partial charge in [0.1, 0.15) is 22.9 Å². The number of aryl methyl sites for hydroxylation is 1. The zero-order chi connectivity index (χ0) is 29.4. The maximum absolute atomic E-state index is 14.9. The number of aromatic nitrogens is 5. The molecule has 1 aromatic carbocycles. The van der Waals surface area contributed by atoms with Gasteiger partial charge in [-0.3, -0.25) is 4.79 Å². The molecule has 10 nitrogen and oxygen atoms in total. The standard InChI is InChI=1S/C25H25F2N7O2.C2H6.CH4O/c1-14(2)34-15(3)30-23-18(26)10-17(11-20(23)34)22-19(27)13-29-25(32-22)31-21-5-4-16(12-28-21)24(35)33-6-8-36-9-7-33;2*1-2/h4-5,10-14H,6-9H2,1-3H3,(H,28,29,31,32);1-2H3;2H,1H3. The maximum atomic E-state index is 14.9. The lowest BCUT2D eigenvalue weighted by Crippen LogP contribution is -2.40. The molecule has 1 amide bonds. The van der Waals surface area contributed by atoms with Crippen molar-refractivity contribution in [3.8, 4) is 11.3 Å². The largest absolute Gasteiger partial charge is 0.400 e. The Labute approximate surface area is 232 Å². The molecule has 5 rings (SSSR count). The number of benzene rings is 1. The van der Waals surface area contributed by atoms with E-state index in [1.54, 1.807) is 30.0 Å². The van der Waals surface area contributed by atoms with Gasteiger partial charge in [-0.15, -0.1) is 0 Å². The van der Waals surface area contributed by atoms with Crippen LogP contribution in [0.4, 0.5) is 20.5 Å². The number of imidazole rings is 1. The van der Waals surface area contributed by atoms with E-state index >= 15 is 0 Å². The topological polar surface area (TPSA) is 118 Å². The number of morpholine rings is 1. The summed E-state index contributed by atoms with van der Waals surface area (Å²) in [5.74, 6) is -0.235. The number of hydrogen-bond donors (Lipinski definition) is 2. The average Bonchev–Trinajstić information content (AvgIpc) is 3.33. The van der Waals surface area contributed by atoms with E-state index in [4.69, 9.17) is 9.84 Å². The van der Waals surface area contributed by atoms with Gasteiger partial charge in [-0.05, 0) is 45.0 Å². The van der Waals surface area contributed by atoms with E-state index in [0.29, 0.717) is 49.0 Å². The normalized spacial score (nSPS) is 12.9. The van der Waals surface area contributed by atoms with Crippen molar-refractivity contribution >= 4 is 28.7 Å². The average molecular weight is 556 g/mol. The number of aliphatic hydroxyl groups excluding tert-OH is 1. The van der Waals surface area contributed by atoms with Gasteiger partial charge in [0.25, 0.3) is 5.91 Å². The summed E-state index contributed by atoms with van der Waals surface area (Å²) in [6, 6.07) is 6.21. The van der Waals surface area contributed by atoms with Crippen LogP contribution in [-0.4, -0.2) is 73.8 Å². The fourth-order valence-electron chi connectivity index (χ4n) is 4.35. The summed E-state index contributed by atoms with van der Waals surface area (Å²) < 4.78 is 36.8. The van der Waals surface area contributed by atoms with Crippen LogP contribution in [0.5, 0.6) is 0 Å². The molecule has 2 N–H and O–H groups in total. The number of carbonyl (C=O) groups is 1. The molecule has 0 aliphatic carbocycles. The van der Waals surface area contributed by atoms with Crippen LogP contribution in [0.3, 0.4) is 0 Å². The smallest absolute Gasteiger partial charge is 0.255 e. The molecule has 1 aliphatic rings. The van der Waals surface area contributed by atoms with E-state index in [-0.39, 0.29) is 34.7 Å². The number of pyridine rings is 1. The molecule has 0 unspecified atom stereocenters. The molecule has 4 aromatic rings. The number of fused-ring (bicyclic) bond motifs is 1. The SMILES string of the molecule is CC.CO.Cc1nc2c(F)cc(-c3nc(Nc4ccc(C(=O)N5CCOCC5)cn4)ncc3F)cc2n1C(C)C. The first-order valence-electron chi connectivity index (χ1n) is 13.1. The van der Waals surface area contributed by atoms with Crippen molar-refractivity contribution in [1.82, 2.24) is 29.4 Å². The summed E-state index contributed by atoms with van der Waals surface area (Å²) in [6.45, 7) is 11.8. The molecule has 1 fully saturated rings. The minimum atomic E-state index is -0.689. The van der Waals surface area contributed by atoms with Crippen molar-refractivity contribution in [2.45, 2.75) is 40.7 Å². The molecular formula is C28H35F2N7O3. The number of anilines is 2. The second-order valence-electron chi connectivity index (χ2n) is 8.80. The van der Waals surface area contributed by atoms with Crippen LogP contribution in [0.2, 0.25) is 0 Å². The van der Waals surface area contributed by atoms with Gasteiger partial charge >= 0.3 is 0 Å². The zero-order valence-corrected chi connectivity index (χ0v) is 23.6. The van der Waals surface area contributed by atoms with Crippen LogP contribution >= 0.6 is 0 Å². The Kier molecular flexibility index (Phi) is 10.6. The number of nitrogens with zero attached hydrogens (tertiary/aromatic N) is 6. The molecule has 0 atom stereocenters. The predicted octanol–water partition coefficient (Wildman–Crippen LogP) is 4.91. The molecular weight excluding hydrogens is 520 g/mol. The van der Waals surface area contributed by atoms with E-state index in [1.807, 2.05) is 32.3 Å². The van der Waals surface area contributed by atoms with Gasteiger partial charge in [-0.2, -0.15) is 0 Å². The van der Waals surface area contributed by atoms with Crippen molar-refractivity contribution in [3.05, 3.63) is 59.7 Å². The van der Waals surface area contributed by atoms with Gasteiger partial charge in [-0.25, -0.2) is 28.7 Å². The maximum Gasteiger partial charge on any atom is 0.255 e. The van der Waals surface area contributed by atoms with Gasteiger partial charge in [0.15, 0.2) is 11.6 Å². The molecule has 40 heavy (non-hydrogen) atoms. The zero-order valence-electron chi connectivity index (χ0n) is 23.6. The van der Waals surface area contributed by atoms with Crippen LogP contribution in [0.15, 0.2) is 36.7 Å². The lowest BCUT2D eigenvalue weighted by atomic mass is 10.1. The molecule has 214 valence electrons. The van der Waals surface area contributed by atoms with E-state index in [9.17, 15) is 13.6 Å². The quantitative estimate of drug-likeness (QED) is 0.357. The van der Waals surface area contributed by atoms with Crippen molar-refractivity contribution in [1.29, 1.82) is 0 Å². The van der Waals surface area contributed by atoms with Crippen LogP contribution in [0.25, 0.3) is 22.3 Å². The first-order chi connectivity index (χ1) is 19.3. The molecule has 4 heterocycles. The van der Waals surface area contributed by atoms with E-state index in [0.717, 1.165) is 13.3 Å². The Morgan fingerprint density at radius 1 is 1.02 bits per heavy atom. The summed E-state index contributed by atoms with van der Waals surface area (Å²) in [6.07, 6.45) is 2.48. The Morgan fingerprint density at radius 2 is 1.73 bits per heavy atom. The Hall–Kier alpha value is -4.03. The summed E-state index contributed by atoms with van der Waals surface area (Å²) in [4.78, 5) is 31.2. The fourth-order valence-corrected chi connectivity index (χ4v) is 4.35. The Morgan fingerprint density at radius 3 is 2.35 bits per heavy atom. The molecule has 0 spiro atoms. The number of aliphatic hydroxyl groups is 1. The molecule has 1 saturated heterocycles. The van der Waals surface area contributed by atoms with Crippen molar-refractivity contribution in [2.75, 3.05) is 38.7 Å². The summed E-state index contributed by atoms with van der Waals surface area (Å²) in [7, 11) is 1.00. The van der Waals surface area contributed by atoms with Crippen LogP contribution in [-0.2, 0) is 4.74 Å². The van der Waals surface area contributed by atoms with E-state index < -0.39 is 11.6 Å². The highest BCUT2D eigenvalue weighted by Gasteiger charge is 2.20. The molecule has 0 radical (unpaired) electrons. The number of carbonyl (C=O) groups excluding carboxylic acids is 1. The predicted molar refractivity (Wildman–Crippen MR) is 150 cm³/mol. The minimum Gasteiger partial charge on any atom is -0.400 e. The van der Waals surface area contributed by atoms with E-state index in [2.05, 4.69) is 25.3 Å². The highest BCUT2D eigenvalue weighted by Crippen LogP contribution is 2.30. The second-order valence-corrected chi connectivity index (χ2v) is 8.80. The van der Waals surface area contributed by atoms with Gasteiger partial charge in [0, 0.05) is 38.0 Å². The van der Waals surface area contributed by atoms with Crippen LogP contribution in [0.1, 0.15) is 49.9 Å². The van der Waals surface area contributed by atoms with Gasteiger partial charge in [0.05, 0.1) is 30.5 Å². The Bertz CT molecular complexity index is 1440. The molecule has 1 aliphatic heterocycles. The highest BCUT2D eigenvalue weighted by atomic mass is 19.1. The minimum absolute atomic E-state index is 0.0429. The molecule has 0 saturated carbocycles. The monoisotopic (exact) mass is 555 g/mol. The molecule has 3 aromatic heterocycles. The Balaban J connectivity index is 0.00000106. The van der Waals surface area contributed by atoms with Crippen LogP contribution in [0, 0.1) is 18.6 Å². The summed E-state index contributed by atoms with van der Waals surface area (Å²) >= 11 is 0. The third-order valence-electron chi connectivity index (χ3n) is 6.01. The third-order valence-corrected chi connectivity index (χ3v) is 6.01. The first kappa shape index (κ1) is 30.5. The lowest BCUT2D eigenvalue weighted by Gasteiger charge is -2.26.